The number of piperidine rings is 1. The number of aromatic nitrogens is 1. The number of pyridine rings is 1. The fourth-order valence-corrected chi connectivity index (χ4v) is 8.79. The lowest BCUT2D eigenvalue weighted by Crippen LogP contribution is -2.45. The van der Waals surface area contributed by atoms with E-state index in [4.69, 9.17) is 16.6 Å². The molecular weight excluding hydrogens is 678 g/mol. The summed E-state index contributed by atoms with van der Waals surface area (Å²) in [6.07, 6.45) is 9.49. The zero-order valence-electron chi connectivity index (χ0n) is 23.6. The lowest BCUT2D eigenvalue weighted by atomic mass is 9.76. The van der Waals surface area contributed by atoms with Crippen molar-refractivity contribution in [3.8, 4) is 0 Å². The molecule has 2 fully saturated rings. The number of fused-ring (bicyclic) bond motifs is 2. The van der Waals surface area contributed by atoms with Crippen LogP contribution >= 0.6 is 43.5 Å². The molecule has 1 saturated carbocycles. The fourth-order valence-electron chi connectivity index (χ4n) is 7.29. The summed E-state index contributed by atoms with van der Waals surface area (Å²) in [6, 6.07) is 16.4. The Kier molecular flexibility index (Phi) is 9.37. The van der Waals surface area contributed by atoms with Gasteiger partial charge in [-0.1, -0.05) is 57.9 Å². The third kappa shape index (κ3) is 6.63. The molecule has 0 unspecified atom stereocenters. The Bertz CT molecular complexity index is 1450. The van der Waals surface area contributed by atoms with Gasteiger partial charge in [0.25, 0.3) is 0 Å². The smallest absolute Gasteiger partial charge is 0.225 e. The number of benzene rings is 2. The van der Waals surface area contributed by atoms with Crippen molar-refractivity contribution in [2.75, 3.05) is 13.1 Å². The second-order valence-electron chi connectivity index (χ2n) is 12.1. The predicted octanol–water partition coefficient (Wildman–Crippen LogP) is 7.65. The van der Waals surface area contributed by atoms with Crippen molar-refractivity contribution in [2.24, 2.45) is 11.8 Å². The zero-order chi connectivity index (χ0) is 29.2. The molecule has 8 heteroatoms. The topological polar surface area (TPSA) is 62.3 Å². The van der Waals surface area contributed by atoms with E-state index >= 15 is 0 Å². The molecule has 1 N–H and O–H groups in total. The van der Waals surface area contributed by atoms with Gasteiger partial charge < -0.3 is 10.2 Å². The minimum Gasteiger partial charge on any atom is -0.353 e. The van der Waals surface area contributed by atoms with E-state index in [2.05, 4.69) is 54.2 Å². The first-order chi connectivity index (χ1) is 20.4. The molecule has 0 spiro atoms. The van der Waals surface area contributed by atoms with Gasteiger partial charge in [-0.2, -0.15) is 0 Å². The Labute approximate surface area is 270 Å². The average Bonchev–Trinajstić information content (AvgIpc) is 3.14. The highest BCUT2D eigenvalue weighted by Gasteiger charge is 2.38. The van der Waals surface area contributed by atoms with Crippen LogP contribution in [0.1, 0.15) is 72.4 Å². The minimum absolute atomic E-state index is 0.0541. The van der Waals surface area contributed by atoms with E-state index in [-0.39, 0.29) is 23.8 Å². The van der Waals surface area contributed by atoms with Crippen LogP contribution in [0.15, 0.2) is 63.7 Å². The highest BCUT2D eigenvalue weighted by molar-refractivity contribution is 9.10. The first-order valence-electron chi connectivity index (χ1n) is 15.1. The number of hydrogen-bond acceptors (Lipinski definition) is 3. The molecule has 42 heavy (non-hydrogen) atoms. The summed E-state index contributed by atoms with van der Waals surface area (Å²) in [5.41, 5.74) is 6.08. The maximum absolute atomic E-state index is 13.6. The highest BCUT2D eigenvalue weighted by Crippen LogP contribution is 2.46. The first kappa shape index (κ1) is 29.8. The van der Waals surface area contributed by atoms with Crippen molar-refractivity contribution >= 4 is 55.3 Å². The number of aryl methyl sites for hydroxylation is 2. The van der Waals surface area contributed by atoms with Gasteiger partial charge in [-0.05, 0) is 114 Å². The first-order valence-corrected chi connectivity index (χ1v) is 17.1. The van der Waals surface area contributed by atoms with Gasteiger partial charge >= 0.3 is 0 Å². The van der Waals surface area contributed by atoms with Crippen LogP contribution in [0, 0.1) is 11.8 Å². The molecule has 1 aliphatic heterocycles. The van der Waals surface area contributed by atoms with Crippen molar-refractivity contribution in [3.63, 3.8) is 0 Å². The van der Waals surface area contributed by atoms with Gasteiger partial charge in [0.05, 0.1) is 12.1 Å². The number of amides is 2. The van der Waals surface area contributed by atoms with E-state index in [1.54, 1.807) is 0 Å². The standard InChI is InChI=1S/C34H36Br2ClN3O2/c35-26-17-25-7-6-24-18-27(37)19-29(36)31(24)32(33(25)38-20-26)22-12-14-40(15-13-22)34(42)23-8-10-28(11-9-23)39-30(41)16-21-4-2-1-3-5-21/h1-5,17-20,22-23,28,32H,6-16H2,(H,39,41)/t23?,28?,32-/m1/s1. The number of carbonyl (C=O) groups is 2. The Hall–Kier alpha value is -2.22. The lowest BCUT2D eigenvalue weighted by molar-refractivity contribution is -0.138. The van der Waals surface area contributed by atoms with E-state index in [0.29, 0.717) is 18.2 Å². The van der Waals surface area contributed by atoms with Crippen LogP contribution in [0.5, 0.6) is 0 Å². The molecule has 2 amide bonds. The van der Waals surface area contributed by atoms with Crippen LogP contribution in [-0.2, 0) is 28.9 Å². The van der Waals surface area contributed by atoms with E-state index in [9.17, 15) is 9.59 Å². The van der Waals surface area contributed by atoms with E-state index < -0.39 is 0 Å². The number of nitrogens with one attached hydrogen (secondary N) is 1. The third-order valence-electron chi connectivity index (χ3n) is 9.39. The minimum atomic E-state index is 0.0541. The number of carbonyl (C=O) groups excluding carboxylic acids is 2. The predicted molar refractivity (Wildman–Crippen MR) is 174 cm³/mol. The average molecular weight is 714 g/mol. The summed E-state index contributed by atoms with van der Waals surface area (Å²) in [5.74, 6) is 0.976. The SMILES string of the molecule is O=C(Cc1ccccc1)NC1CCC(C(=O)N2CCC([C@H]3c4ncc(Br)cc4CCc4cc(Cl)cc(Br)c43)CC2)CC1. The van der Waals surface area contributed by atoms with Crippen molar-refractivity contribution in [1.82, 2.24) is 15.2 Å². The Morgan fingerprint density at radius 1 is 0.929 bits per heavy atom. The molecule has 2 aromatic carbocycles. The quantitative estimate of drug-likeness (QED) is 0.296. The molecule has 1 aromatic heterocycles. The number of likely N-dealkylation sites (tertiary alicyclic amines) is 1. The Morgan fingerprint density at radius 3 is 2.38 bits per heavy atom. The van der Waals surface area contributed by atoms with Gasteiger partial charge in [0.15, 0.2) is 0 Å². The molecule has 1 atom stereocenters. The van der Waals surface area contributed by atoms with E-state index in [1.807, 2.05) is 42.6 Å². The summed E-state index contributed by atoms with van der Waals surface area (Å²) in [5, 5.41) is 3.95. The summed E-state index contributed by atoms with van der Waals surface area (Å²) in [4.78, 5) is 33.2. The molecule has 3 aromatic rings. The number of halogens is 3. The summed E-state index contributed by atoms with van der Waals surface area (Å²) < 4.78 is 2.06. The van der Waals surface area contributed by atoms with Gasteiger partial charge in [0, 0.05) is 51.1 Å². The van der Waals surface area contributed by atoms with Crippen LogP contribution in [0.25, 0.3) is 0 Å². The molecule has 6 rings (SSSR count). The number of nitrogens with zero attached hydrogens (tertiary/aromatic N) is 2. The van der Waals surface area contributed by atoms with Gasteiger partial charge in [0.2, 0.25) is 11.8 Å². The molecule has 1 saturated heterocycles. The highest BCUT2D eigenvalue weighted by atomic mass is 79.9. The maximum Gasteiger partial charge on any atom is 0.225 e. The van der Waals surface area contributed by atoms with Gasteiger partial charge in [-0.25, -0.2) is 0 Å². The summed E-state index contributed by atoms with van der Waals surface area (Å²) in [6.45, 7) is 1.56. The van der Waals surface area contributed by atoms with Crippen LogP contribution < -0.4 is 5.32 Å². The van der Waals surface area contributed by atoms with Crippen molar-refractivity contribution < 1.29 is 9.59 Å². The van der Waals surface area contributed by atoms with Gasteiger partial charge in [0.1, 0.15) is 0 Å². The molecule has 2 aliphatic carbocycles. The van der Waals surface area contributed by atoms with Gasteiger partial charge in [-0.3, -0.25) is 14.6 Å². The molecule has 3 aliphatic rings. The zero-order valence-corrected chi connectivity index (χ0v) is 27.6. The maximum atomic E-state index is 13.6. The van der Waals surface area contributed by atoms with Crippen molar-refractivity contribution in [1.29, 1.82) is 0 Å². The van der Waals surface area contributed by atoms with E-state index in [1.165, 1.54) is 16.7 Å². The normalized spacial score (nSPS) is 22.5. The van der Waals surface area contributed by atoms with Crippen LogP contribution in [0.3, 0.4) is 0 Å². The van der Waals surface area contributed by atoms with Crippen LogP contribution in [-0.4, -0.2) is 40.8 Å². The molecule has 2 heterocycles. The molecule has 5 nitrogen and oxygen atoms in total. The largest absolute Gasteiger partial charge is 0.353 e. The second kappa shape index (κ2) is 13.2. The molecule has 0 bridgehead atoms. The summed E-state index contributed by atoms with van der Waals surface area (Å²) in [7, 11) is 0. The molecular formula is C34H36Br2ClN3O2. The second-order valence-corrected chi connectivity index (χ2v) is 14.3. The Morgan fingerprint density at radius 2 is 1.64 bits per heavy atom. The van der Waals surface area contributed by atoms with Crippen molar-refractivity contribution in [3.05, 3.63) is 96.6 Å². The van der Waals surface area contributed by atoms with E-state index in [0.717, 1.165) is 89.7 Å². The van der Waals surface area contributed by atoms with Crippen LogP contribution in [0.4, 0.5) is 0 Å². The third-order valence-corrected chi connectivity index (χ3v) is 10.7. The van der Waals surface area contributed by atoms with Crippen molar-refractivity contribution in [2.45, 2.75) is 69.7 Å². The lowest BCUT2D eigenvalue weighted by Gasteiger charge is -2.39. The van der Waals surface area contributed by atoms with Gasteiger partial charge in [-0.15, -0.1) is 0 Å². The molecule has 220 valence electrons. The number of rotatable bonds is 5. The molecule has 0 radical (unpaired) electrons. The Balaban J connectivity index is 1.08. The summed E-state index contributed by atoms with van der Waals surface area (Å²) >= 11 is 14.0. The van der Waals surface area contributed by atoms with Crippen LogP contribution in [0.2, 0.25) is 5.02 Å². The monoisotopic (exact) mass is 711 g/mol. The fraction of sp³-hybridized carbons (Fsp3) is 0.441. The number of hydrogen-bond donors (Lipinski definition) is 1.